The number of hydrogen-bond acceptors (Lipinski definition) is 9. The molecule has 112 valence electrons. The van der Waals surface area contributed by atoms with Gasteiger partial charge in [-0.05, 0) is 6.42 Å². The van der Waals surface area contributed by atoms with Gasteiger partial charge in [0.25, 0.3) is 5.95 Å². The van der Waals surface area contributed by atoms with Gasteiger partial charge in [-0.25, -0.2) is 10.8 Å². The molecule has 11 heteroatoms. The van der Waals surface area contributed by atoms with Crippen LogP contribution in [0.15, 0.2) is 12.7 Å². The number of nitrogens with one attached hydrogen (secondary N) is 3. The van der Waals surface area contributed by atoms with Crippen molar-refractivity contribution in [3.63, 3.8) is 0 Å². The van der Waals surface area contributed by atoms with Crippen LogP contribution in [0.1, 0.15) is 13.3 Å². The van der Waals surface area contributed by atoms with E-state index in [9.17, 15) is 4.79 Å². The Morgan fingerprint density at radius 2 is 2.14 bits per heavy atom. The number of nitrogens with zero attached hydrogens (tertiary/aromatic N) is 6. The van der Waals surface area contributed by atoms with Crippen LogP contribution in [0.25, 0.3) is 5.95 Å². The van der Waals surface area contributed by atoms with Crippen LogP contribution < -0.4 is 21.9 Å². The largest absolute Gasteiger partial charge is 0.355 e. The summed E-state index contributed by atoms with van der Waals surface area (Å²) in [7, 11) is 0. The minimum Gasteiger partial charge on any atom is -0.355 e. The highest BCUT2D eigenvalue weighted by atomic mass is 16.1. The monoisotopic (exact) mass is 292 g/mol. The van der Waals surface area contributed by atoms with Crippen LogP contribution in [-0.4, -0.2) is 48.7 Å². The van der Waals surface area contributed by atoms with Crippen molar-refractivity contribution < 1.29 is 4.79 Å². The van der Waals surface area contributed by atoms with Crippen LogP contribution in [0.5, 0.6) is 0 Å². The molecule has 1 amide bonds. The lowest BCUT2D eigenvalue weighted by atomic mass is 10.4. The van der Waals surface area contributed by atoms with E-state index < -0.39 is 0 Å². The molecule has 2 aromatic heterocycles. The van der Waals surface area contributed by atoms with Crippen molar-refractivity contribution in [1.82, 2.24) is 35.0 Å². The van der Waals surface area contributed by atoms with Gasteiger partial charge in [-0.3, -0.25) is 10.2 Å². The lowest BCUT2D eigenvalue weighted by Crippen LogP contribution is -2.31. The van der Waals surface area contributed by atoms with Gasteiger partial charge in [-0.2, -0.15) is 24.7 Å². The molecule has 0 fully saturated rings. The molecule has 2 rings (SSSR count). The van der Waals surface area contributed by atoms with Crippen molar-refractivity contribution in [3.8, 4) is 5.95 Å². The Morgan fingerprint density at radius 1 is 1.33 bits per heavy atom. The Labute approximate surface area is 120 Å². The molecule has 2 aromatic rings. The number of nitrogens with two attached hydrogens (primary N) is 1. The lowest BCUT2D eigenvalue weighted by molar-refractivity contribution is -0.119. The maximum atomic E-state index is 11.5. The highest BCUT2D eigenvalue weighted by Gasteiger charge is 2.09. The number of aromatic nitrogens is 6. The van der Waals surface area contributed by atoms with Crippen molar-refractivity contribution in [2.45, 2.75) is 13.3 Å². The number of hydrazine groups is 1. The summed E-state index contributed by atoms with van der Waals surface area (Å²) >= 11 is 0. The number of amides is 1. The lowest BCUT2D eigenvalue weighted by Gasteiger charge is -2.08. The van der Waals surface area contributed by atoms with E-state index in [4.69, 9.17) is 5.84 Å². The predicted octanol–water partition coefficient (Wildman–Crippen LogP) is -1.32. The van der Waals surface area contributed by atoms with E-state index in [-0.39, 0.29) is 30.3 Å². The first-order valence-corrected chi connectivity index (χ1v) is 6.31. The fourth-order valence-electron chi connectivity index (χ4n) is 1.41. The fourth-order valence-corrected chi connectivity index (χ4v) is 1.41. The first-order valence-electron chi connectivity index (χ1n) is 6.31. The van der Waals surface area contributed by atoms with Gasteiger partial charge in [0, 0.05) is 6.54 Å². The molecule has 0 bridgehead atoms. The first kappa shape index (κ1) is 14.6. The summed E-state index contributed by atoms with van der Waals surface area (Å²) in [5.41, 5.74) is 2.33. The van der Waals surface area contributed by atoms with Gasteiger partial charge in [0.2, 0.25) is 17.8 Å². The molecule has 0 aliphatic carbocycles. The molecule has 0 atom stereocenters. The quantitative estimate of drug-likeness (QED) is 0.360. The second-order valence-electron chi connectivity index (χ2n) is 3.97. The van der Waals surface area contributed by atoms with E-state index in [1.807, 2.05) is 6.92 Å². The van der Waals surface area contributed by atoms with Gasteiger partial charge in [0.05, 0.1) is 6.54 Å². The molecule has 0 saturated carbocycles. The van der Waals surface area contributed by atoms with E-state index in [0.717, 1.165) is 6.42 Å². The molecular weight excluding hydrogens is 276 g/mol. The molecular formula is C10H16N10O. The third kappa shape index (κ3) is 4.07. The Balaban J connectivity index is 2.08. The van der Waals surface area contributed by atoms with Gasteiger partial charge in [0.1, 0.15) is 12.7 Å². The number of carbonyl (C=O) groups excluding carboxylic acids is 1. The third-order valence-corrected chi connectivity index (χ3v) is 2.36. The molecule has 0 radical (unpaired) electrons. The van der Waals surface area contributed by atoms with Crippen LogP contribution in [0.3, 0.4) is 0 Å². The molecule has 11 nitrogen and oxygen atoms in total. The first-order chi connectivity index (χ1) is 10.2. The van der Waals surface area contributed by atoms with Crippen LogP contribution in [-0.2, 0) is 4.79 Å². The van der Waals surface area contributed by atoms with Crippen LogP contribution in [0.4, 0.5) is 11.9 Å². The summed E-state index contributed by atoms with van der Waals surface area (Å²) < 4.78 is 1.35. The summed E-state index contributed by atoms with van der Waals surface area (Å²) in [4.78, 5) is 27.5. The minimum absolute atomic E-state index is 0.0465. The van der Waals surface area contributed by atoms with Crippen molar-refractivity contribution >= 4 is 17.8 Å². The standard InChI is InChI=1S/C10H16N10O/c1-2-3-13-7(21)4-14-8-16-9(19-11)18-10(17-8)20-6-12-5-15-20/h5-6H,2-4,11H2,1H3,(H,13,21)(H2,14,16,17,18,19). The van der Waals surface area contributed by atoms with E-state index in [0.29, 0.717) is 6.54 Å². The molecule has 21 heavy (non-hydrogen) atoms. The van der Waals surface area contributed by atoms with Crippen molar-refractivity contribution in [3.05, 3.63) is 12.7 Å². The summed E-state index contributed by atoms with van der Waals surface area (Å²) in [6, 6.07) is 0. The maximum Gasteiger partial charge on any atom is 0.258 e. The zero-order chi connectivity index (χ0) is 15.1. The number of rotatable bonds is 7. The van der Waals surface area contributed by atoms with E-state index >= 15 is 0 Å². The Morgan fingerprint density at radius 3 is 2.81 bits per heavy atom. The number of anilines is 2. The van der Waals surface area contributed by atoms with Crippen molar-refractivity contribution in [2.24, 2.45) is 5.84 Å². The van der Waals surface area contributed by atoms with Gasteiger partial charge in [-0.1, -0.05) is 6.92 Å². The minimum atomic E-state index is -0.151. The molecule has 0 unspecified atom stereocenters. The Hall–Kier alpha value is -2.82. The zero-order valence-corrected chi connectivity index (χ0v) is 11.4. The Bertz CT molecular complexity index is 584. The smallest absolute Gasteiger partial charge is 0.258 e. The highest BCUT2D eigenvalue weighted by Crippen LogP contribution is 2.06. The van der Waals surface area contributed by atoms with Crippen LogP contribution >= 0.6 is 0 Å². The molecule has 0 aromatic carbocycles. The zero-order valence-electron chi connectivity index (χ0n) is 11.4. The average molecular weight is 292 g/mol. The van der Waals surface area contributed by atoms with E-state index in [1.54, 1.807) is 0 Å². The van der Waals surface area contributed by atoms with E-state index in [2.05, 4.69) is 41.1 Å². The van der Waals surface area contributed by atoms with Crippen LogP contribution in [0, 0.1) is 0 Å². The third-order valence-electron chi connectivity index (χ3n) is 2.36. The Kier molecular flexibility index (Phi) is 4.93. The second kappa shape index (κ2) is 7.09. The van der Waals surface area contributed by atoms with Crippen LogP contribution in [0.2, 0.25) is 0 Å². The number of hydrogen-bond donors (Lipinski definition) is 4. The van der Waals surface area contributed by atoms with Gasteiger partial charge < -0.3 is 10.6 Å². The average Bonchev–Trinajstić information content (AvgIpc) is 3.05. The van der Waals surface area contributed by atoms with Crippen molar-refractivity contribution in [1.29, 1.82) is 0 Å². The van der Waals surface area contributed by atoms with E-state index in [1.165, 1.54) is 17.3 Å². The SMILES string of the molecule is CCCNC(=O)CNc1nc(NN)nc(-n2cncn2)n1. The summed E-state index contributed by atoms with van der Waals surface area (Å²) in [5, 5.41) is 9.45. The number of nitrogen functional groups attached to an aromatic ring is 1. The molecule has 0 saturated heterocycles. The summed E-state index contributed by atoms with van der Waals surface area (Å²) in [5.74, 6) is 5.73. The molecule has 2 heterocycles. The summed E-state index contributed by atoms with van der Waals surface area (Å²) in [6.45, 7) is 2.64. The molecule has 5 N–H and O–H groups in total. The van der Waals surface area contributed by atoms with Gasteiger partial charge in [-0.15, -0.1) is 0 Å². The topological polar surface area (TPSA) is 149 Å². The second-order valence-corrected chi connectivity index (χ2v) is 3.97. The highest BCUT2D eigenvalue weighted by molar-refractivity contribution is 5.80. The normalized spacial score (nSPS) is 10.2. The van der Waals surface area contributed by atoms with Gasteiger partial charge >= 0.3 is 0 Å². The fraction of sp³-hybridized carbons (Fsp3) is 0.400. The molecule has 0 aliphatic heterocycles. The molecule has 0 aliphatic rings. The summed E-state index contributed by atoms with van der Waals surface area (Å²) in [6.07, 6.45) is 3.66. The predicted molar refractivity (Wildman–Crippen MR) is 74.3 cm³/mol. The van der Waals surface area contributed by atoms with Crippen molar-refractivity contribution in [2.75, 3.05) is 23.8 Å². The van der Waals surface area contributed by atoms with Gasteiger partial charge in [0.15, 0.2) is 0 Å². The molecule has 0 spiro atoms. The maximum absolute atomic E-state index is 11.5. The number of carbonyl (C=O) groups is 1.